The Balaban J connectivity index is 2.11. The van der Waals surface area contributed by atoms with E-state index in [1.54, 1.807) is 11.3 Å². The zero-order valence-electron chi connectivity index (χ0n) is 10.1. The largest absolute Gasteiger partial charge is 0.494 e. The summed E-state index contributed by atoms with van der Waals surface area (Å²) in [6.07, 6.45) is 0.825. The molecule has 2 N–H and O–H groups in total. The summed E-state index contributed by atoms with van der Waals surface area (Å²) < 4.78 is 5.41. The van der Waals surface area contributed by atoms with E-state index in [0.29, 0.717) is 11.7 Å². The van der Waals surface area contributed by atoms with Crippen LogP contribution in [0.2, 0.25) is 0 Å². The predicted molar refractivity (Wildman–Crippen MR) is 71.7 cm³/mol. The van der Waals surface area contributed by atoms with Crippen molar-refractivity contribution in [1.29, 1.82) is 0 Å². The number of benzene rings is 1. The quantitative estimate of drug-likeness (QED) is 0.904. The van der Waals surface area contributed by atoms with Gasteiger partial charge in [-0.3, -0.25) is 0 Å². The lowest BCUT2D eigenvalue weighted by molar-refractivity contribution is 0.340. The van der Waals surface area contributed by atoms with Crippen LogP contribution in [-0.2, 0) is 6.42 Å². The van der Waals surface area contributed by atoms with Gasteiger partial charge in [0.05, 0.1) is 12.3 Å². The molecule has 0 saturated carbocycles. The van der Waals surface area contributed by atoms with Crippen molar-refractivity contribution in [2.75, 3.05) is 12.3 Å². The topological polar surface area (TPSA) is 48.1 Å². The molecule has 0 bridgehead atoms. The van der Waals surface area contributed by atoms with Gasteiger partial charge in [-0.05, 0) is 31.5 Å². The molecule has 90 valence electrons. The van der Waals surface area contributed by atoms with E-state index in [2.05, 4.69) is 24.0 Å². The monoisotopic (exact) mass is 248 g/mol. The molecule has 0 aliphatic carbocycles. The molecule has 2 aromatic rings. The third-order valence-corrected chi connectivity index (χ3v) is 3.36. The summed E-state index contributed by atoms with van der Waals surface area (Å²) in [5, 5.41) is 0.642. The molecule has 1 heterocycles. The number of nitrogen functional groups attached to an aromatic ring is 1. The summed E-state index contributed by atoms with van der Waals surface area (Å²) in [6, 6.07) is 8.12. The first-order chi connectivity index (χ1) is 8.19. The van der Waals surface area contributed by atoms with E-state index >= 15 is 0 Å². The number of nitrogens with two attached hydrogens (primary N) is 1. The van der Waals surface area contributed by atoms with Gasteiger partial charge in [0, 0.05) is 11.3 Å². The zero-order valence-corrected chi connectivity index (χ0v) is 10.9. The first-order valence-corrected chi connectivity index (χ1v) is 6.44. The van der Waals surface area contributed by atoms with Crippen LogP contribution in [0.3, 0.4) is 0 Å². The summed E-state index contributed by atoms with van der Waals surface area (Å²) in [4.78, 5) is 5.52. The van der Waals surface area contributed by atoms with Crippen LogP contribution >= 0.6 is 11.3 Å². The van der Waals surface area contributed by atoms with Crippen molar-refractivity contribution in [3.63, 3.8) is 0 Å². The standard InChI is InChI=1S/C13H16N2OS/c1-3-16-11-6-4-10(5-7-11)8-12-9(2)17-13(14)15-12/h4-7H,3,8H2,1-2H3,(H2,14,15). The number of aromatic nitrogens is 1. The minimum absolute atomic E-state index is 0.642. The fourth-order valence-electron chi connectivity index (χ4n) is 1.68. The molecule has 0 saturated heterocycles. The molecule has 0 atom stereocenters. The highest BCUT2D eigenvalue weighted by molar-refractivity contribution is 7.15. The normalized spacial score (nSPS) is 10.5. The second-order valence-corrected chi connectivity index (χ2v) is 5.04. The van der Waals surface area contributed by atoms with Gasteiger partial charge in [-0.2, -0.15) is 0 Å². The Morgan fingerprint density at radius 1 is 1.29 bits per heavy atom. The molecule has 0 aliphatic heterocycles. The number of nitrogens with zero attached hydrogens (tertiary/aromatic N) is 1. The van der Waals surface area contributed by atoms with E-state index in [1.165, 1.54) is 10.4 Å². The van der Waals surface area contributed by atoms with Gasteiger partial charge in [-0.25, -0.2) is 4.98 Å². The van der Waals surface area contributed by atoms with E-state index in [0.717, 1.165) is 17.9 Å². The first kappa shape index (κ1) is 11.9. The second-order valence-electron chi connectivity index (χ2n) is 3.81. The van der Waals surface area contributed by atoms with Crippen LogP contribution in [0.4, 0.5) is 5.13 Å². The van der Waals surface area contributed by atoms with Crippen LogP contribution in [0.5, 0.6) is 5.75 Å². The maximum atomic E-state index is 5.68. The van der Waals surface area contributed by atoms with Gasteiger partial charge in [-0.1, -0.05) is 12.1 Å². The number of hydrogen-bond donors (Lipinski definition) is 1. The Hall–Kier alpha value is -1.55. The Morgan fingerprint density at radius 2 is 2.00 bits per heavy atom. The highest BCUT2D eigenvalue weighted by Gasteiger charge is 2.06. The second kappa shape index (κ2) is 5.19. The number of ether oxygens (including phenoxy) is 1. The van der Waals surface area contributed by atoms with E-state index in [4.69, 9.17) is 10.5 Å². The van der Waals surface area contributed by atoms with Crippen molar-refractivity contribution in [3.8, 4) is 5.75 Å². The van der Waals surface area contributed by atoms with Gasteiger partial charge in [0.1, 0.15) is 5.75 Å². The van der Waals surface area contributed by atoms with E-state index in [9.17, 15) is 0 Å². The van der Waals surface area contributed by atoms with Crippen LogP contribution in [0, 0.1) is 6.92 Å². The Labute approximate surface area is 105 Å². The molecule has 0 unspecified atom stereocenters. The number of anilines is 1. The number of thiazole rings is 1. The van der Waals surface area contributed by atoms with Crippen LogP contribution in [-0.4, -0.2) is 11.6 Å². The molecule has 1 aromatic carbocycles. The molecule has 0 fully saturated rings. The van der Waals surface area contributed by atoms with Crippen molar-refractivity contribution in [2.24, 2.45) is 0 Å². The van der Waals surface area contributed by atoms with Crippen LogP contribution < -0.4 is 10.5 Å². The summed E-state index contributed by atoms with van der Waals surface area (Å²) in [5.74, 6) is 0.908. The van der Waals surface area contributed by atoms with Crippen molar-refractivity contribution in [3.05, 3.63) is 40.4 Å². The average molecular weight is 248 g/mol. The third-order valence-electron chi connectivity index (χ3n) is 2.52. The van der Waals surface area contributed by atoms with Crippen molar-refractivity contribution >= 4 is 16.5 Å². The summed E-state index contributed by atoms with van der Waals surface area (Å²) in [5.41, 5.74) is 7.97. The predicted octanol–water partition coefficient (Wildman–Crippen LogP) is 3.02. The average Bonchev–Trinajstić information content (AvgIpc) is 2.61. The highest BCUT2D eigenvalue weighted by Crippen LogP contribution is 2.22. The van der Waals surface area contributed by atoms with Crippen molar-refractivity contribution in [2.45, 2.75) is 20.3 Å². The minimum Gasteiger partial charge on any atom is -0.494 e. The van der Waals surface area contributed by atoms with E-state index < -0.39 is 0 Å². The van der Waals surface area contributed by atoms with Gasteiger partial charge in [0.15, 0.2) is 5.13 Å². The highest BCUT2D eigenvalue weighted by atomic mass is 32.1. The molecule has 0 aliphatic rings. The Bertz CT molecular complexity index is 491. The lowest BCUT2D eigenvalue weighted by Gasteiger charge is -2.04. The van der Waals surface area contributed by atoms with Crippen molar-refractivity contribution < 1.29 is 4.74 Å². The number of hydrogen-bond acceptors (Lipinski definition) is 4. The molecule has 4 heteroatoms. The van der Waals surface area contributed by atoms with Gasteiger partial charge in [0.2, 0.25) is 0 Å². The van der Waals surface area contributed by atoms with Crippen molar-refractivity contribution in [1.82, 2.24) is 4.98 Å². The summed E-state index contributed by atoms with van der Waals surface area (Å²) >= 11 is 1.54. The van der Waals surface area contributed by atoms with Crippen LogP contribution in [0.25, 0.3) is 0 Å². The molecule has 0 amide bonds. The fraction of sp³-hybridized carbons (Fsp3) is 0.308. The van der Waals surface area contributed by atoms with Gasteiger partial charge in [0.25, 0.3) is 0 Å². The summed E-state index contributed by atoms with van der Waals surface area (Å²) in [7, 11) is 0. The first-order valence-electron chi connectivity index (χ1n) is 5.62. The van der Waals surface area contributed by atoms with Crippen LogP contribution in [0.1, 0.15) is 23.1 Å². The Kier molecular flexibility index (Phi) is 3.64. The number of rotatable bonds is 4. The molecule has 3 nitrogen and oxygen atoms in total. The molecule has 0 radical (unpaired) electrons. The number of aryl methyl sites for hydroxylation is 1. The van der Waals surface area contributed by atoms with Gasteiger partial charge >= 0.3 is 0 Å². The third kappa shape index (κ3) is 2.97. The lowest BCUT2D eigenvalue weighted by Crippen LogP contribution is -1.94. The van der Waals surface area contributed by atoms with Gasteiger partial charge in [-0.15, -0.1) is 11.3 Å². The molecule has 2 rings (SSSR count). The fourth-order valence-corrected chi connectivity index (χ4v) is 2.38. The smallest absolute Gasteiger partial charge is 0.180 e. The lowest BCUT2D eigenvalue weighted by atomic mass is 10.1. The molecule has 1 aromatic heterocycles. The van der Waals surface area contributed by atoms with E-state index in [-0.39, 0.29) is 0 Å². The summed E-state index contributed by atoms with van der Waals surface area (Å²) in [6.45, 7) is 4.73. The van der Waals surface area contributed by atoms with Crippen LogP contribution in [0.15, 0.2) is 24.3 Å². The minimum atomic E-state index is 0.642. The Morgan fingerprint density at radius 3 is 2.53 bits per heavy atom. The SMILES string of the molecule is CCOc1ccc(Cc2nc(N)sc2C)cc1. The van der Waals surface area contributed by atoms with Gasteiger partial charge < -0.3 is 10.5 Å². The zero-order chi connectivity index (χ0) is 12.3. The molecular weight excluding hydrogens is 232 g/mol. The maximum absolute atomic E-state index is 5.68. The maximum Gasteiger partial charge on any atom is 0.180 e. The van der Waals surface area contributed by atoms with E-state index in [1.807, 2.05) is 19.1 Å². The molecule has 17 heavy (non-hydrogen) atoms. The molecule has 0 spiro atoms. The molecular formula is C13H16N2OS.